The molecule has 3 N–H and O–H groups in total. The largest absolute Gasteiger partial charge is 0.337 e. The molecule has 2 aromatic rings. The third-order valence-electron chi connectivity index (χ3n) is 2.88. The van der Waals surface area contributed by atoms with Crippen molar-refractivity contribution in [1.82, 2.24) is 10.6 Å². The zero-order chi connectivity index (χ0) is 13.5. The van der Waals surface area contributed by atoms with E-state index in [1.165, 1.54) is 0 Å². The number of hydrogen-bond acceptors (Lipinski definition) is 2. The Hall–Kier alpha value is -2.07. The number of benzene rings is 2. The maximum Gasteiger partial charge on any atom is 0.319 e. The maximum absolute atomic E-state index is 11.8. The predicted octanol–water partition coefficient (Wildman–Crippen LogP) is 2.57. The number of rotatable bonds is 5. The first-order valence-corrected chi connectivity index (χ1v) is 6.54. The molecule has 2 aromatic carbocycles. The predicted molar refractivity (Wildman–Crippen MR) is 79.5 cm³/mol. The van der Waals surface area contributed by atoms with Crippen molar-refractivity contribution >= 4 is 22.5 Å². The van der Waals surface area contributed by atoms with Crippen molar-refractivity contribution in [2.45, 2.75) is 6.92 Å². The van der Waals surface area contributed by atoms with Crippen molar-refractivity contribution < 1.29 is 4.79 Å². The van der Waals surface area contributed by atoms with Gasteiger partial charge in [-0.15, -0.1) is 0 Å². The van der Waals surface area contributed by atoms with E-state index < -0.39 is 0 Å². The Morgan fingerprint density at radius 1 is 1.05 bits per heavy atom. The molecule has 0 bridgehead atoms. The molecule has 0 radical (unpaired) electrons. The highest BCUT2D eigenvalue weighted by atomic mass is 16.2. The summed E-state index contributed by atoms with van der Waals surface area (Å²) >= 11 is 0. The van der Waals surface area contributed by atoms with E-state index in [9.17, 15) is 4.79 Å². The number of carbonyl (C=O) groups excluding carboxylic acids is 1. The van der Waals surface area contributed by atoms with E-state index in [0.29, 0.717) is 6.54 Å². The standard InChI is InChI=1S/C15H19N3O/c1-2-16-10-11-17-15(19)18-14-9-5-7-12-6-3-4-8-13(12)14/h3-9,16H,2,10-11H2,1H3,(H2,17,18,19). The van der Waals surface area contributed by atoms with Gasteiger partial charge in [-0.25, -0.2) is 4.79 Å². The monoisotopic (exact) mass is 257 g/mol. The van der Waals surface area contributed by atoms with Gasteiger partial charge in [0, 0.05) is 18.5 Å². The molecule has 2 amide bonds. The number of anilines is 1. The summed E-state index contributed by atoms with van der Waals surface area (Å²) in [5, 5.41) is 11.0. The lowest BCUT2D eigenvalue weighted by atomic mass is 10.1. The molecule has 0 saturated carbocycles. The average Bonchev–Trinajstić information content (AvgIpc) is 2.44. The molecule has 0 aromatic heterocycles. The van der Waals surface area contributed by atoms with E-state index in [-0.39, 0.29) is 6.03 Å². The minimum Gasteiger partial charge on any atom is -0.337 e. The van der Waals surface area contributed by atoms with Crippen LogP contribution < -0.4 is 16.0 Å². The van der Waals surface area contributed by atoms with Gasteiger partial charge < -0.3 is 16.0 Å². The van der Waals surface area contributed by atoms with Crippen LogP contribution >= 0.6 is 0 Å². The summed E-state index contributed by atoms with van der Waals surface area (Å²) in [6.45, 7) is 4.34. The second-order valence-electron chi connectivity index (χ2n) is 4.26. The summed E-state index contributed by atoms with van der Waals surface area (Å²) in [7, 11) is 0. The lowest BCUT2D eigenvalue weighted by Crippen LogP contribution is -2.34. The summed E-state index contributed by atoms with van der Waals surface area (Å²) in [6, 6.07) is 13.7. The smallest absolute Gasteiger partial charge is 0.319 e. The molecule has 0 atom stereocenters. The Morgan fingerprint density at radius 3 is 2.68 bits per heavy atom. The fourth-order valence-corrected chi connectivity index (χ4v) is 1.94. The van der Waals surface area contributed by atoms with Gasteiger partial charge in [0.2, 0.25) is 0 Å². The molecule has 19 heavy (non-hydrogen) atoms. The zero-order valence-corrected chi connectivity index (χ0v) is 11.1. The summed E-state index contributed by atoms with van der Waals surface area (Å²) in [5.74, 6) is 0. The highest BCUT2D eigenvalue weighted by Gasteiger charge is 2.04. The van der Waals surface area contributed by atoms with Crippen molar-refractivity contribution in [2.75, 3.05) is 25.0 Å². The number of amides is 2. The van der Waals surface area contributed by atoms with E-state index in [2.05, 4.69) is 16.0 Å². The number of urea groups is 1. The molecule has 0 unspecified atom stereocenters. The van der Waals surface area contributed by atoms with Crippen LogP contribution in [-0.4, -0.2) is 25.7 Å². The third-order valence-corrected chi connectivity index (χ3v) is 2.88. The minimum absolute atomic E-state index is 0.172. The Bertz CT molecular complexity index is 549. The molecule has 2 rings (SSSR count). The van der Waals surface area contributed by atoms with Gasteiger partial charge in [-0.2, -0.15) is 0 Å². The van der Waals surface area contributed by atoms with Crippen LogP contribution in [0.1, 0.15) is 6.92 Å². The second-order valence-corrected chi connectivity index (χ2v) is 4.26. The van der Waals surface area contributed by atoms with Gasteiger partial charge >= 0.3 is 6.03 Å². The first-order chi connectivity index (χ1) is 9.31. The second kappa shape index (κ2) is 6.75. The molecular weight excluding hydrogens is 238 g/mol. The van der Waals surface area contributed by atoms with E-state index in [1.807, 2.05) is 49.4 Å². The Labute approximate surface area is 113 Å². The molecular formula is C15H19N3O. The topological polar surface area (TPSA) is 53.2 Å². The molecule has 100 valence electrons. The van der Waals surface area contributed by atoms with Crippen molar-refractivity contribution in [1.29, 1.82) is 0 Å². The number of carbonyl (C=O) groups is 1. The van der Waals surface area contributed by atoms with Gasteiger partial charge in [-0.1, -0.05) is 43.3 Å². The number of hydrogen-bond donors (Lipinski definition) is 3. The minimum atomic E-state index is -0.172. The molecule has 0 heterocycles. The molecule has 0 spiro atoms. The maximum atomic E-state index is 11.8. The lowest BCUT2D eigenvalue weighted by molar-refractivity contribution is 0.252. The van der Waals surface area contributed by atoms with Crippen molar-refractivity contribution in [3.05, 3.63) is 42.5 Å². The first-order valence-electron chi connectivity index (χ1n) is 6.54. The van der Waals surface area contributed by atoms with Gasteiger partial charge in [-0.05, 0) is 18.0 Å². The van der Waals surface area contributed by atoms with E-state index in [4.69, 9.17) is 0 Å². The molecule has 4 heteroatoms. The SMILES string of the molecule is CCNCCNC(=O)Nc1cccc2ccccc12. The summed E-state index contributed by atoms with van der Waals surface area (Å²) in [6.07, 6.45) is 0. The average molecular weight is 257 g/mol. The number of fused-ring (bicyclic) bond motifs is 1. The third kappa shape index (κ3) is 3.69. The van der Waals surface area contributed by atoms with Crippen LogP contribution in [-0.2, 0) is 0 Å². The Kier molecular flexibility index (Phi) is 4.75. The normalized spacial score (nSPS) is 10.4. The molecule has 0 saturated heterocycles. The van der Waals surface area contributed by atoms with Gasteiger partial charge in [0.25, 0.3) is 0 Å². The zero-order valence-electron chi connectivity index (χ0n) is 11.1. The summed E-state index contributed by atoms with van der Waals surface area (Å²) < 4.78 is 0. The van der Waals surface area contributed by atoms with E-state index in [0.717, 1.165) is 29.5 Å². The molecule has 0 aliphatic heterocycles. The van der Waals surface area contributed by atoms with Crippen LogP contribution in [0.15, 0.2) is 42.5 Å². The molecule has 4 nitrogen and oxygen atoms in total. The van der Waals surface area contributed by atoms with E-state index in [1.54, 1.807) is 0 Å². The molecule has 0 aliphatic carbocycles. The lowest BCUT2D eigenvalue weighted by Gasteiger charge is -2.10. The van der Waals surface area contributed by atoms with Gasteiger partial charge in [0.05, 0.1) is 5.69 Å². The Morgan fingerprint density at radius 2 is 1.84 bits per heavy atom. The fourth-order valence-electron chi connectivity index (χ4n) is 1.94. The highest BCUT2D eigenvalue weighted by Crippen LogP contribution is 2.22. The van der Waals surface area contributed by atoms with E-state index >= 15 is 0 Å². The molecule has 0 aliphatic rings. The van der Waals surface area contributed by atoms with Gasteiger partial charge in [0.1, 0.15) is 0 Å². The van der Waals surface area contributed by atoms with Crippen molar-refractivity contribution in [3.63, 3.8) is 0 Å². The summed E-state index contributed by atoms with van der Waals surface area (Å²) in [4.78, 5) is 11.8. The van der Waals surface area contributed by atoms with Crippen LogP contribution in [0, 0.1) is 0 Å². The van der Waals surface area contributed by atoms with Crippen LogP contribution in [0.25, 0.3) is 10.8 Å². The van der Waals surface area contributed by atoms with Gasteiger partial charge in [0.15, 0.2) is 0 Å². The fraction of sp³-hybridized carbons (Fsp3) is 0.267. The summed E-state index contributed by atoms with van der Waals surface area (Å²) in [5.41, 5.74) is 0.832. The highest BCUT2D eigenvalue weighted by molar-refractivity contribution is 6.01. The number of nitrogens with one attached hydrogen (secondary N) is 3. The van der Waals surface area contributed by atoms with Crippen LogP contribution in [0.3, 0.4) is 0 Å². The van der Waals surface area contributed by atoms with Crippen LogP contribution in [0.2, 0.25) is 0 Å². The first kappa shape index (κ1) is 13.4. The molecule has 0 fully saturated rings. The van der Waals surface area contributed by atoms with Crippen molar-refractivity contribution in [3.8, 4) is 0 Å². The Balaban J connectivity index is 1.99. The van der Waals surface area contributed by atoms with Crippen molar-refractivity contribution in [2.24, 2.45) is 0 Å². The van der Waals surface area contributed by atoms with Crippen LogP contribution in [0.5, 0.6) is 0 Å². The number of likely N-dealkylation sites (N-methyl/N-ethyl adjacent to an activating group) is 1. The van der Waals surface area contributed by atoms with Gasteiger partial charge in [-0.3, -0.25) is 0 Å². The van der Waals surface area contributed by atoms with Crippen LogP contribution in [0.4, 0.5) is 10.5 Å². The quantitative estimate of drug-likeness (QED) is 0.721.